The minimum atomic E-state index is -0.109. The molecule has 0 aliphatic carbocycles. The van der Waals surface area contributed by atoms with Gasteiger partial charge in [0.25, 0.3) is 0 Å². The first kappa shape index (κ1) is 12.2. The van der Waals surface area contributed by atoms with E-state index in [1.54, 1.807) is 11.9 Å². The lowest BCUT2D eigenvalue weighted by atomic mass is 10.1. The van der Waals surface area contributed by atoms with Crippen LogP contribution in [-0.2, 0) is 0 Å². The van der Waals surface area contributed by atoms with Crippen LogP contribution in [0.2, 0.25) is 0 Å². The average Bonchev–Trinajstić information content (AvgIpc) is 2.17. The highest BCUT2D eigenvalue weighted by molar-refractivity contribution is 5.74. The number of urea groups is 1. The molecule has 4 nitrogen and oxygen atoms in total. The summed E-state index contributed by atoms with van der Waals surface area (Å²) in [5.74, 6) is 0. The van der Waals surface area contributed by atoms with Gasteiger partial charge in [0.1, 0.15) is 0 Å². The largest absolute Gasteiger partial charge is 0.395 e. The van der Waals surface area contributed by atoms with Crippen molar-refractivity contribution in [3.8, 4) is 0 Å². The van der Waals surface area contributed by atoms with Gasteiger partial charge in [0, 0.05) is 19.6 Å². The Bertz CT molecular complexity index is 147. The molecule has 0 aromatic rings. The molecule has 2 N–H and O–H groups in total. The lowest BCUT2D eigenvalue weighted by molar-refractivity contribution is 0.149. The summed E-state index contributed by atoms with van der Waals surface area (Å²) in [6, 6.07) is 0.120. The molecular weight excluding hydrogens is 168 g/mol. The van der Waals surface area contributed by atoms with Crippen molar-refractivity contribution in [2.24, 2.45) is 0 Å². The van der Waals surface area contributed by atoms with Crippen LogP contribution in [0.1, 0.15) is 26.7 Å². The first-order valence-electron chi connectivity index (χ1n) is 4.80. The minimum Gasteiger partial charge on any atom is -0.395 e. The third-order valence-electron chi connectivity index (χ3n) is 2.20. The lowest BCUT2D eigenvalue weighted by Crippen LogP contribution is -2.46. The van der Waals surface area contributed by atoms with Crippen LogP contribution in [0.4, 0.5) is 4.79 Å². The number of nitrogens with one attached hydrogen (secondary N) is 1. The van der Waals surface area contributed by atoms with Crippen molar-refractivity contribution >= 4 is 6.03 Å². The number of aliphatic hydroxyl groups excluding tert-OH is 1. The van der Waals surface area contributed by atoms with Crippen molar-refractivity contribution in [1.29, 1.82) is 0 Å². The number of nitrogens with zero attached hydrogens (tertiary/aromatic N) is 1. The molecule has 0 saturated carbocycles. The van der Waals surface area contributed by atoms with Gasteiger partial charge < -0.3 is 15.3 Å². The molecule has 13 heavy (non-hydrogen) atoms. The van der Waals surface area contributed by atoms with Gasteiger partial charge in [0.15, 0.2) is 0 Å². The maximum Gasteiger partial charge on any atom is 0.317 e. The van der Waals surface area contributed by atoms with Crippen LogP contribution < -0.4 is 5.32 Å². The normalized spacial score (nSPS) is 10.2. The third kappa shape index (κ3) is 3.63. The molecule has 78 valence electrons. The minimum absolute atomic E-state index is 0.0178. The fourth-order valence-electron chi connectivity index (χ4n) is 1.43. The number of rotatable bonds is 5. The summed E-state index contributed by atoms with van der Waals surface area (Å²) in [7, 11) is 1.61. The molecule has 0 heterocycles. The van der Waals surface area contributed by atoms with E-state index >= 15 is 0 Å². The van der Waals surface area contributed by atoms with Crippen LogP contribution in [0.5, 0.6) is 0 Å². The second-order valence-electron chi connectivity index (χ2n) is 2.94. The molecule has 0 aromatic heterocycles. The molecule has 0 atom stereocenters. The Morgan fingerprint density at radius 2 is 2.00 bits per heavy atom. The van der Waals surface area contributed by atoms with Crippen LogP contribution in [-0.4, -0.2) is 42.3 Å². The fraction of sp³-hybridized carbons (Fsp3) is 0.889. The van der Waals surface area contributed by atoms with Crippen LogP contribution in [0.3, 0.4) is 0 Å². The van der Waals surface area contributed by atoms with Crippen molar-refractivity contribution in [2.75, 3.05) is 20.2 Å². The number of carbonyl (C=O) groups excluding carboxylic acids is 1. The fourth-order valence-corrected chi connectivity index (χ4v) is 1.43. The quantitative estimate of drug-likeness (QED) is 0.670. The van der Waals surface area contributed by atoms with E-state index in [1.165, 1.54) is 0 Å². The number of hydrogen-bond acceptors (Lipinski definition) is 2. The second kappa shape index (κ2) is 6.71. The highest BCUT2D eigenvalue weighted by atomic mass is 16.3. The summed E-state index contributed by atoms with van der Waals surface area (Å²) in [5, 5.41) is 11.4. The van der Waals surface area contributed by atoms with E-state index in [2.05, 4.69) is 5.32 Å². The first-order chi connectivity index (χ1) is 6.21. The number of aliphatic hydroxyl groups is 1. The molecular formula is C9H20N2O2. The van der Waals surface area contributed by atoms with Crippen LogP contribution in [0.15, 0.2) is 0 Å². The van der Waals surface area contributed by atoms with Gasteiger partial charge >= 0.3 is 6.03 Å². The molecule has 0 saturated heterocycles. The zero-order valence-corrected chi connectivity index (χ0v) is 8.71. The number of amides is 2. The van der Waals surface area contributed by atoms with Gasteiger partial charge in [-0.25, -0.2) is 4.79 Å². The molecule has 0 fully saturated rings. The summed E-state index contributed by atoms with van der Waals surface area (Å²) in [5.41, 5.74) is 0. The van der Waals surface area contributed by atoms with Crippen LogP contribution in [0.25, 0.3) is 0 Å². The monoisotopic (exact) mass is 188 g/mol. The molecule has 0 bridgehead atoms. The Kier molecular flexibility index (Phi) is 6.32. The van der Waals surface area contributed by atoms with Gasteiger partial charge in [-0.1, -0.05) is 13.8 Å². The van der Waals surface area contributed by atoms with Crippen molar-refractivity contribution in [2.45, 2.75) is 32.7 Å². The van der Waals surface area contributed by atoms with E-state index in [4.69, 9.17) is 5.11 Å². The van der Waals surface area contributed by atoms with E-state index in [-0.39, 0.29) is 18.7 Å². The number of hydrogen-bond donors (Lipinski definition) is 2. The molecule has 0 aliphatic heterocycles. The molecule has 0 aliphatic rings. The van der Waals surface area contributed by atoms with Gasteiger partial charge in [0.05, 0.1) is 6.61 Å². The smallest absolute Gasteiger partial charge is 0.317 e. The standard InChI is InChI=1S/C9H20N2O2/c1-4-8(5-2)11(6-7-12)9(13)10-3/h8,12H,4-7H2,1-3H3,(H,10,13). The summed E-state index contributed by atoms with van der Waals surface area (Å²) in [4.78, 5) is 13.0. The Morgan fingerprint density at radius 3 is 2.31 bits per heavy atom. The maximum atomic E-state index is 11.4. The third-order valence-corrected chi connectivity index (χ3v) is 2.20. The van der Waals surface area contributed by atoms with Crippen molar-refractivity contribution < 1.29 is 9.90 Å². The molecule has 4 heteroatoms. The van der Waals surface area contributed by atoms with Gasteiger partial charge in [-0.05, 0) is 12.8 Å². The van der Waals surface area contributed by atoms with Crippen LogP contribution in [0, 0.1) is 0 Å². The maximum absolute atomic E-state index is 11.4. The zero-order chi connectivity index (χ0) is 10.3. The Balaban J connectivity index is 4.28. The van der Waals surface area contributed by atoms with Crippen molar-refractivity contribution in [3.05, 3.63) is 0 Å². The van der Waals surface area contributed by atoms with Crippen molar-refractivity contribution in [1.82, 2.24) is 10.2 Å². The summed E-state index contributed by atoms with van der Waals surface area (Å²) >= 11 is 0. The SMILES string of the molecule is CCC(CC)N(CCO)C(=O)NC. The van der Waals surface area contributed by atoms with E-state index in [0.717, 1.165) is 12.8 Å². The van der Waals surface area contributed by atoms with E-state index < -0.39 is 0 Å². The molecule has 0 aromatic carbocycles. The van der Waals surface area contributed by atoms with Gasteiger partial charge in [-0.3, -0.25) is 0 Å². The molecule has 0 rings (SSSR count). The van der Waals surface area contributed by atoms with Crippen molar-refractivity contribution in [3.63, 3.8) is 0 Å². The highest BCUT2D eigenvalue weighted by Crippen LogP contribution is 2.07. The summed E-state index contributed by atoms with van der Waals surface area (Å²) < 4.78 is 0. The Labute approximate surface area is 79.9 Å². The molecule has 0 radical (unpaired) electrons. The van der Waals surface area contributed by atoms with E-state index in [1.807, 2.05) is 13.8 Å². The first-order valence-corrected chi connectivity index (χ1v) is 4.80. The predicted molar refractivity (Wildman–Crippen MR) is 52.6 cm³/mol. The second-order valence-corrected chi connectivity index (χ2v) is 2.94. The van der Waals surface area contributed by atoms with Gasteiger partial charge in [-0.2, -0.15) is 0 Å². The summed E-state index contributed by atoms with van der Waals surface area (Å²) in [6.07, 6.45) is 1.84. The van der Waals surface area contributed by atoms with Gasteiger partial charge in [-0.15, -0.1) is 0 Å². The highest BCUT2D eigenvalue weighted by Gasteiger charge is 2.18. The lowest BCUT2D eigenvalue weighted by Gasteiger charge is -2.29. The van der Waals surface area contributed by atoms with Gasteiger partial charge in [0.2, 0.25) is 0 Å². The molecule has 0 unspecified atom stereocenters. The molecule has 0 spiro atoms. The van der Waals surface area contributed by atoms with E-state index in [9.17, 15) is 4.79 Å². The predicted octanol–water partition coefficient (Wildman–Crippen LogP) is 0.809. The topological polar surface area (TPSA) is 52.6 Å². The summed E-state index contributed by atoms with van der Waals surface area (Å²) in [6.45, 7) is 4.51. The Hall–Kier alpha value is -0.770. The molecule has 2 amide bonds. The van der Waals surface area contributed by atoms with Crippen LogP contribution >= 0.6 is 0 Å². The zero-order valence-electron chi connectivity index (χ0n) is 8.71. The number of carbonyl (C=O) groups is 1. The average molecular weight is 188 g/mol. The van der Waals surface area contributed by atoms with E-state index in [0.29, 0.717) is 6.54 Å². The Morgan fingerprint density at radius 1 is 1.46 bits per heavy atom.